The SMILES string of the molecule is O=C(Nc1cccc(C(F)(F)F)c1)C(=O)Nc1c[nH]c2cc(F)c(F)cc12. The average molecular weight is 383 g/mol. The average Bonchev–Trinajstić information content (AvgIpc) is 2.96. The second kappa shape index (κ2) is 6.71. The van der Waals surface area contributed by atoms with E-state index in [1.54, 1.807) is 0 Å². The molecule has 0 unspecified atom stereocenters. The third-order valence-corrected chi connectivity index (χ3v) is 3.62. The molecule has 2 amide bonds. The van der Waals surface area contributed by atoms with Gasteiger partial charge in [0.2, 0.25) is 0 Å². The van der Waals surface area contributed by atoms with E-state index in [0.717, 1.165) is 24.3 Å². The fourth-order valence-corrected chi connectivity index (χ4v) is 2.36. The zero-order chi connectivity index (χ0) is 19.8. The lowest BCUT2D eigenvalue weighted by atomic mass is 10.2. The molecular weight excluding hydrogens is 373 g/mol. The minimum atomic E-state index is -4.60. The number of rotatable bonds is 2. The molecule has 0 saturated heterocycles. The van der Waals surface area contributed by atoms with Gasteiger partial charge in [-0.2, -0.15) is 13.2 Å². The largest absolute Gasteiger partial charge is 0.416 e. The maximum atomic E-state index is 13.4. The Balaban J connectivity index is 1.75. The molecule has 0 bridgehead atoms. The molecular formula is C17H10F5N3O2. The van der Waals surface area contributed by atoms with Gasteiger partial charge in [-0.15, -0.1) is 0 Å². The van der Waals surface area contributed by atoms with Gasteiger partial charge in [0.05, 0.1) is 16.8 Å². The predicted molar refractivity (Wildman–Crippen MR) is 86.9 cm³/mol. The number of nitrogens with one attached hydrogen (secondary N) is 3. The molecule has 1 heterocycles. The number of hydrogen-bond donors (Lipinski definition) is 3. The highest BCUT2D eigenvalue weighted by Crippen LogP contribution is 2.30. The maximum Gasteiger partial charge on any atom is 0.416 e. The summed E-state index contributed by atoms with van der Waals surface area (Å²) in [5.41, 5.74) is -1.03. The van der Waals surface area contributed by atoms with Crippen LogP contribution in [0.3, 0.4) is 0 Å². The summed E-state index contributed by atoms with van der Waals surface area (Å²) in [4.78, 5) is 26.5. The molecule has 0 saturated carbocycles. The van der Waals surface area contributed by atoms with Crippen molar-refractivity contribution in [1.29, 1.82) is 0 Å². The number of carbonyl (C=O) groups excluding carboxylic acids is 2. The van der Waals surface area contributed by atoms with Crippen LogP contribution in [0.25, 0.3) is 10.9 Å². The van der Waals surface area contributed by atoms with Gasteiger partial charge in [0.1, 0.15) is 0 Å². The molecule has 0 fully saturated rings. The van der Waals surface area contributed by atoms with Gasteiger partial charge >= 0.3 is 18.0 Å². The summed E-state index contributed by atoms with van der Waals surface area (Å²) in [6, 6.07) is 5.46. The van der Waals surface area contributed by atoms with E-state index >= 15 is 0 Å². The molecule has 0 aliphatic carbocycles. The fourth-order valence-electron chi connectivity index (χ4n) is 2.36. The summed E-state index contributed by atoms with van der Waals surface area (Å²) in [5.74, 6) is -4.67. The van der Waals surface area contributed by atoms with Gasteiger partial charge in [0.25, 0.3) is 0 Å². The molecule has 10 heteroatoms. The lowest BCUT2D eigenvalue weighted by Gasteiger charge is -2.10. The topological polar surface area (TPSA) is 74.0 Å². The first-order chi connectivity index (χ1) is 12.6. The maximum absolute atomic E-state index is 13.4. The molecule has 0 spiro atoms. The van der Waals surface area contributed by atoms with Crippen molar-refractivity contribution in [1.82, 2.24) is 4.98 Å². The molecule has 3 aromatic rings. The molecule has 0 atom stereocenters. The van der Waals surface area contributed by atoms with E-state index in [1.165, 1.54) is 12.3 Å². The van der Waals surface area contributed by atoms with Crippen LogP contribution in [0.4, 0.5) is 33.3 Å². The smallest absolute Gasteiger partial charge is 0.359 e. The molecule has 140 valence electrons. The highest BCUT2D eigenvalue weighted by molar-refractivity contribution is 6.44. The van der Waals surface area contributed by atoms with Crippen molar-refractivity contribution in [3.8, 4) is 0 Å². The summed E-state index contributed by atoms with van der Waals surface area (Å²) < 4.78 is 64.5. The Hall–Kier alpha value is -3.43. The van der Waals surface area contributed by atoms with Gasteiger partial charge < -0.3 is 15.6 Å². The lowest BCUT2D eigenvalue weighted by Crippen LogP contribution is -2.29. The minimum absolute atomic E-state index is 0.00749. The van der Waals surface area contributed by atoms with Crippen LogP contribution >= 0.6 is 0 Å². The number of alkyl halides is 3. The van der Waals surface area contributed by atoms with E-state index in [9.17, 15) is 31.5 Å². The number of anilines is 2. The first-order valence-electron chi connectivity index (χ1n) is 7.41. The van der Waals surface area contributed by atoms with Crippen molar-refractivity contribution in [2.75, 3.05) is 10.6 Å². The Morgan fingerprint density at radius 2 is 1.59 bits per heavy atom. The van der Waals surface area contributed by atoms with Crippen molar-refractivity contribution in [3.63, 3.8) is 0 Å². The van der Waals surface area contributed by atoms with Crippen LogP contribution in [0, 0.1) is 11.6 Å². The third-order valence-electron chi connectivity index (χ3n) is 3.62. The van der Waals surface area contributed by atoms with Crippen molar-refractivity contribution < 1.29 is 31.5 Å². The molecule has 2 aromatic carbocycles. The number of fused-ring (bicyclic) bond motifs is 1. The Morgan fingerprint density at radius 3 is 2.30 bits per heavy atom. The van der Waals surface area contributed by atoms with E-state index in [2.05, 4.69) is 10.3 Å². The number of halogens is 5. The van der Waals surface area contributed by atoms with Gasteiger partial charge in [-0.05, 0) is 24.3 Å². The normalized spacial score (nSPS) is 11.4. The van der Waals surface area contributed by atoms with Gasteiger partial charge in [0.15, 0.2) is 11.6 Å². The second-order valence-corrected chi connectivity index (χ2v) is 5.50. The summed E-state index contributed by atoms with van der Waals surface area (Å²) in [7, 11) is 0. The zero-order valence-corrected chi connectivity index (χ0v) is 13.2. The third kappa shape index (κ3) is 3.89. The van der Waals surface area contributed by atoms with E-state index < -0.39 is 35.2 Å². The molecule has 0 aliphatic rings. The van der Waals surface area contributed by atoms with Crippen LogP contribution in [0.5, 0.6) is 0 Å². The van der Waals surface area contributed by atoms with E-state index in [0.29, 0.717) is 6.07 Å². The Bertz CT molecular complexity index is 1040. The van der Waals surface area contributed by atoms with E-state index in [4.69, 9.17) is 0 Å². The number of H-pyrrole nitrogens is 1. The fraction of sp³-hybridized carbons (Fsp3) is 0.0588. The Morgan fingerprint density at radius 1 is 0.926 bits per heavy atom. The monoisotopic (exact) mass is 383 g/mol. The number of aromatic amines is 1. The molecule has 0 radical (unpaired) electrons. The lowest BCUT2D eigenvalue weighted by molar-refractivity contribution is -0.137. The number of amides is 2. The predicted octanol–water partition coefficient (Wildman–Crippen LogP) is 4.04. The molecule has 1 aromatic heterocycles. The van der Waals surface area contributed by atoms with Crippen LogP contribution in [0.1, 0.15) is 5.56 Å². The van der Waals surface area contributed by atoms with Crippen LogP contribution in [0.15, 0.2) is 42.6 Å². The molecule has 3 N–H and O–H groups in total. The van der Waals surface area contributed by atoms with Gasteiger partial charge in [-0.3, -0.25) is 9.59 Å². The number of aromatic nitrogens is 1. The van der Waals surface area contributed by atoms with E-state index in [1.807, 2.05) is 5.32 Å². The van der Waals surface area contributed by atoms with Crippen LogP contribution in [-0.4, -0.2) is 16.8 Å². The zero-order valence-electron chi connectivity index (χ0n) is 13.2. The second-order valence-electron chi connectivity index (χ2n) is 5.50. The minimum Gasteiger partial charge on any atom is -0.359 e. The van der Waals surface area contributed by atoms with Crippen molar-refractivity contribution in [2.24, 2.45) is 0 Å². The first kappa shape index (κ1) is 18.4. The molecule has 0 aliphatic heterocycles. The highest BCUT2D eigenvalue weighted by Gasteiger charge is 2.30. The standard InChI is InChI=1S/C17H10F5N3O2/c18-11-5-10-13(6-12(11)19)23-7-14(10)25-16(27)15(26)24-9-3-1-2-8(4-9)17(20,21)22/h1-7,23H,(H,24,26)(H,25,27). The first-order valence-corrected chi connectivity index (χ1v) is 7.41. The highest BCUT2D eigenvalue weighted by atomic mass is 19.4. The summed E-state index contributed by atoms with van der Waals surface area (Å²) in [6.07, 6.45) is -3.38. The van der Waals surface area contributed by atoms with Crippen molar-refractivity contribution >= 4 is 34.1 Å². The number of hydrogen-bond acceptors (Lipinski definition) is 2. The van der Waals surface area contributed by atoms with Gasteiger partial charge in [-0.25, -0.2) is 8.78 Å². The molecule has 5 nitrogen and oxygen atoms in total. The van der Waals surface area contributed by atoms with Crippen molar-refractivity contribution in [2.45, 2.75) is 6.18 Å². The van der Waals surface area contributed by atoms with Crippen LogP contribution in [-0.2, 0) is 15.8 Å². The van der Waals surface area contributed by atoms with Crippen molar-refractivity contribution in [3.05, 3.63) is 59.8 Å². The number of benzene rings is 2. The van der Waals surface area contributed by atoms with E-state index in [-0.39, 0.29) is 22.3 Å². The van der Waals surface area contributed by atoms with Gasteiger partial charge in [-0.1, -0.05) is 6.07 Å². The Kier molecular flexibility index (Phi) is 4.56. The Labute approximate surface area is 148 Å². The summed E-state index contributed by atoms with van der Waals surface area (Å²) in [6.45, 7) is 0. The van der Waals surface area contributed by atoms with Gasteiger partial charge in [0, 0.05) is 23.3 Å². The van der Waals surface area contributed by atoms with Crippen LogP contribution < -0.4 is 10.6 Å². The summed E-state index contributed by atoms with van der Waals surface area (Å²) in [5, 5.41) is 4.34. The van der Waals surface area contributed by atoms with Crippen LogP contribution in [0.2, 0.25) is 0 Å². The number of carbonyl (C=O) groups is 2. The summed E-state index contributed by atoms with van der Waals surface area (Å²) >= 11 is 0. The quantitative estimate of drug-likeness (QED) is 0.462. The molecule has 3 rings (SSSR count). The molecule has 27 heavy (non-hydrogen) atoms.